The Morgan fingerprint density at radius 3 is 2.31 bits per heavy atom. The van der Waals surface area contributed by atoms with Crippen molar-refractivity contribution in [1.29, 1.82) is 0 Å². The Balaban J connectivity index is 2.92. The van der Waals surface area contributed by atoms with E-state index < -0.39 is 5.97 Å². The van der Waals surface area contributed by atoms with E-state index in [0.717, 1.165) is 4.90 Å². The summed E-state index contributed by atoms with van der Waals surface area (Å²) in [4.78, 5) is 11.7. The number of thioether (sulfide) groups is 1. The fraction of sp³-hybridized carbons (Fsp3) is 0.100. The van der Waals surface area contributed by atoms with Crippen LogP contribution in [-0.2, 0) is 4.79 Å². The number of aliphatic carboxylic acids is 1. The smallest absolute Gasteiger partial charge is 0.335 e. The van der Waals surface area contributed by atoms with Crippen LogP contribution in [0.4, 0.5) is 0 Å². The molecule has 0 atom stereocenters. The summed E-state index contributed by atoms with van der Waals surface area (Å²) in [7, 11) is 0. The lowest BCUT2D eigenvalue weighted by atomic mass is 10.1. The predicted molar refractivity (Wildman–Crippen MR) is 54.9 cm³/mol. The predicted octanol–water partition coefficient (Wildman–Crippen LogP) is 2.51. The van der Waals surface area contributed by atoms with Gasteiger partial charge < -0.3 is 5.11 Å². The van der Waals surface area contributed by atoms with Gasteiger partial charge in [0.2, 0.25) is 0 Å². The van der Waals surface area contributed by atoms with Gasteiger partial charge in [0.05, 0.1) is 5.57 Å². The summed E-state index contributed by atoms with van der Waals surface area (Å²) in [6, 6.07) is 7.30. The molecule has 0 aliphatic rings. The minimum atomic E-state index is -0.975. The summed E-state index contributed by atoms with van der Waals surface area (Å²) in [5.41, 5.74) is 0.790. The maximum absolute atomic E-state index is 10.5. The molecule has 0 aromatic heterocycles. The molecule has 0 spiro atoms. The summed E-state index contributed by atoms with van der Waals surface area (Å²) in [6.07, 6.45) is 1.97. The van der Waals surface area contributed by atoms with Crippen LogP contribution in [0.25, 0.3) is 5.57 Å². The van der Waals surface area contributed by atoms with Crippen molar-refractivity contribution in [3.63, 3.8) is 0 Å². The Hall–Kier alpha value is -1.22. The summed E-state index contributed by atoms with van der Waals surface area (Å²) >= 11 is 1.62. The van der Waals surface area contributed by atoms with E-state index in [-0.39, 0.29) is 5.57 Å². The first kappa shape index (κ1) is 9.86. The third-order valence-corrected chi connectivity index (χ3v) is 2.44. The molecule has 0 heterocycles. The summed E-state index contributed by atoms with van der Waals surface area (Å²) in [5, 5.41) is 8.66. The van der Waals surface area contributed by atoms with Gasteiger partial charge in [0.15, 0.2) is 0 Å². The van der Waals surface area contributed by atoms with Crippen LogP contribution < -0.4 is 0 Å². The van der Waals surface area contributed by atoms with E-state index in [0.29, 0.717) is 5.56 Å². The molecule has 0 aliphatic carbocycles. The normalized spacial score (nSPS) is 9.62. The van der Waals surface area contributed by atoms with Gasteiger partial charge in [0.1, 0.15) is 0 Å². The molecular weight excluding hydrogens is 184 g/mol. The van der Waals surface area contributed by atoms with Crippen LogP contribution in [0.5, 0.6) is 0 Å². The Morgan fingerprint density at radius 1 is 1.38 bits per heavy atom. The van der Waals surface area contributed by atoms with Crippen LogP contribution in [-0.4, -0.2) is 17.3 Å². The molecule has 0 bridgehead atoms. The van der Waals surface area contributed by atoms with Crippen LogP contribution in [0.2, 0.25) is 0 Å². The number of carboxylic acids is 1. The average Bonchev–Trinajstić information content (AvgIpc) is 2.17. The molecular formula is C10H10O2S. The molecule has 1 rings (SSSR count). The summed E-state index contributed by atoms with van der Waals surface area (Å²) in [5.74, 6) is -0.975. The molecule has 0 radical (unpaired) electrons. The zero-order chi connectivity index (χ0) is 9.84. The molecule has 0 amide bonds. The van der Waals surface area contributed by atoms with Crippen molar-refractivity contribution >= 4 is 23.3 Å². The van der Waals surface area contributed by atoms with Gasteiger partial charge >= 0.3 is 5.97 Å². The highest BCUT2D eigenvalue weighted by molar-refractivity contribution is 7.98. The van der Waals surface area contributed by atoms with E-state index in [4.69, 9.17) is 5.11 Å². The molecule has 0 saturated carbocycles. The van der Waals surface area contributed by atoms with Crippen molar-refractivity contribution in [1.82, 2.24) is 0 Å². The summed E-state index contributed by atoms with van der Waals surface area (Å²) < 4.78 is 0. The van der Waals surface area contributed by atoms with Crippen LogP contribution in [0.1, 0.15) is 5.56 Å². The molecule has 0 saturated heterocycles. The Labute approximate surface area is 81.3 Å². The van der Waals surface area contributed by atoms with Gasteiger partial charge in [-0.05, 0) is 24.0 Å². The Morgan fingerprint density at radius 2 is 1.92 bits per heavy atom. The fourth-order valence-electron chi connectivity index (χ4n) is 0.916. The van der Waals surface area contributed by atoms with E-state index >= 15 is 0 Å². The van der Waals surface area contributed by atoms with Gasteiger partial charge in [0, 0.05) is 4.90 Å². The van der Waals surface area contributed by atoms with Crippen molar-refractivity contribution < 1.29 is 9.90 Å². The maximum Gasteiger partial charge on any atom is 0.335 e. The molecule has 0 fully saturated rings. The number of hydrogen-bond donors (Lipinski definition) is 1. The van der Waals surface area contributed by atoms with E-state index in [1.165, 1.54) is 0 Å². The lowest BCUT2D eigenvalue weighted by Crippen LogP contribution is -1.97. The van der Waals surface area contributed by atoms with E-state index in [9.17, 15) is 4.79 Å². The van der Waals surface area contributed by atoms with Crippen molar-refractivity contribution in [2.45, 2.75) is 4.90 Å². The first-order valence-electron chi connectivity index (χ1n) is 3.72. The Bertz CT molecular complexity index is 327. The molecule has 0 unspecified atom stereocenters. The highest BCUT2D eigenvalue weighted by Gasteiger charge is 2.05. The Kier molecular flexibility index (Phi) is 3.14. The lowest BCUT2D eigenvalue weighted by molar-refractivity contribution is -0.130. The lowest BCUT2D eigenvalue weighted by Gasteiger charge is -2.01. The number of carboxylic acid groups (broad SMARTS) is 1. The zero-order valence-corrected chi connectivity index (χ0v) is 8.10. The summed E-state index contributed by atoms with van der Waals surface area (Å²) in [6.45, 7) is 3.47. The molecule has 1 N–H and O–H groups in total. The quantitative estimate of drug-likeness (QED) is 0.593. The van der Waals surface area contributed by atoms with E-state index in [2.05, 4.69) is 6.58 Å². The average molecular weight is 194 g/mol. The molecule has 3 heteroatoms. The first-order valence-corrected chi connectivity index (χ1v) is 4.94. The number of benzene rings is 1. The number of hydrogen-bond acceptors (Lipinski definition) is 2. The molecule has 1 aromatic carbocycles. The van der Waals surface area contributed by atoms with Crippen molar-refractivity contribution in [2.75, 3.05) is 6.26 Å². The van der Waals surface area contributed by atoms with Gasteiger partial charge in [-0.1, -0.05) is 18.7 Å². The minimum absolute atomic E-state index is 0.132. The molecule has 68 valence electrons. The standard InChI is InChI=1S/C10H10O2S/c1-7(10(11)12)8-3-5-9(13-2)6-4-8/h3-6H,1H2,2H3,(H,11,12). The van der Waals surface area contributed by atoms with E-state index in [1.807, 2.05) is 18.4 Å². The van der Waals surface area contributed by atoms with Gasteiger partial charge in [0.25, 0.3) is 0 Å². The van der Waals surface area contributed by atoms with Crippen molar-refractivity contribution in [3.8, 4) is 0 Å². The monoisotopic (exact) mass is 194 g/mol. The zero-order valence-electron chi connectivity index (χ0n) is 7.28. The first-order chi connectivity index (χ1) is 6.15. The van der Waals surface area contributed by atoms with Gasteiger partial charge in [-0.25, -0.2) is 4.79 Å². The highest BCUT2D eigenvalue weighted by Crippen LogP contribution is 2.18. The molecule has 1 aromatic rings. The fourth-order valence-corrected chi connectivity index (χ4v) is 1.32. The van der Waals surface area contributed by atoms with Crippen molar-refractivity contribution in [2.24, 2.45) is 0 Å². The second-order valence-electron chi connectivity index (χ2n) is 2.51. The second-order valence-corrected chi connectivity index (χ2v) is 3.39. The topological polar surface area (TPSA) is 37.3 Å². The minimum Gasteiger partial charge on any atom is -0.478 e. The van der Waals surface area contributed by atoms with Gasteiger partial charge in [-0.3, -0.25) is 0 Å². The number of rotatable bonds is 3. The molecule has 0 aliphatic heterocycles. The molecule has 2 nitrogen and oxygen atoms in total. The van der Waals surface area contributed by atoms with Crippen molar-refractivity contribution in [3.05, 3.63) is 36.4 Å². The SMILES string of the molecule is C=C(C(=O)O)c1ccc(SC)cc1. The van der Waals surface area contributed by atoms with Gasteiger partial charge in [-0.2, -0.15) is 0 Å². The van der Waals surface area contributed by atoms with Crippen LogP contribution in [0.15, 0.2) is 35.7 Å². The third-order valence-electron chi connectivity index (χ3n) is 1.70. The van der Waals surface area contributed by atoms with Crippen LogP contribution in [0.3, 0.4) is 0 Å². The number of carbonyl (C=O) groups is 1. The highest BCUT2D eigenvalue weighted by atomic mass is 32.2. The molecule has 13 heavy (non-hydrogen) atoms. The van der Waals surface area contributed by atoms with Crippen LogP contribution in [0, 0.1) is 0 Å². The van der Waals surface area contributed by atoms with Gasteiger partial charge in [-0.15, -0.1) is 11.8 Å². The second kappa shape index (κ2) is 4.14. The largest absolute Gasteiger partial charge is 0.478 e. The maximum atomic E-state index is 10.5. The van der Waals surface area contributed by atoms with E-state index in [1.54, 1.807) is 23.9 Å². The third kappa shape index (κ3) is 2.36. The van der Waals surface area contributed by atoms with Crippen LogP contribution >= 0.6 is 11.8 Å².